The van der Waals surface area contributed by atoms with E-state index in [2.05, 4.69) is 0 Å². The normalized spacial score (nSPS) is 12.2. The Morgan fingerprint density at radius 1 is 1.20 bits per heavy atom. The van der Waals surface area contributed by atoms with Gasteiger partial charge in [-0.2, -0.15) is 0 Å². The summed E-state index contributed by atoms with van der Waals surface area (Å²) < 4.78 is 0. The van der Waals surface area contributed by atoms with E-state index in [-0.39, 0.29) is 0 Å². The van der Waals surface area contributed by atoms with Gasteiger partial charge in [0.2, 0.25) is 0 Å². The molecule has 2 rings (SSSR count). The Morgan fingerprint density at radius 2 is 1.90 bits per heavy atom. The van der Waals surface area contributed by atoms with Crippen LogP contribution in [0, 0.1) is 13.8 Å². The second-order valence-corrected chi connectivity index (χ2v) is 5.45. The van der Waals surface area contributed by atoms with E-state index in [1.807, 2.05) is 50.2 Å². The molecule has 104 valence electrons. The van der Waals surface area contributed by atoms with Crippen LogP contribution >= 0.6 is 11.6 Å². The van der Waals surface area contributed by atoms with Crippen LogP contribution in [0.4, 0.5) is 0 Å². The highest BCUT2D eigenvalue weighted by Crippen LogP contribution is 2.28. The molecular formula is C17H17ClO2. The zero-order valence-electron chi connectivity index (χ0n) is 11.6. The van der Waals surface area contributed by atoms with E-state index in [1.165, 1.54) is 0 Å². The summed E-state index contributed by atoms with van der Waals surface area (Å²) in [5.41, 5.74) is 3.85. The quantitative estimate of drug-likeness (QED) is 0.907. The van der Waals surface area contributed by atoms with Crippen LogP contribution in [0.25, 0.3) is 0 Å². The molecule has 0 aliphatic heterocycles. The van der Waals surface area contributed by atoms with E-state index in [4.69, 9.17) is 11.6 Å². The van der Waals surface area contributed by atoms with Gasteiger partial charge in [0.15, 0.2) is 0 Å². The van der Waals surface area contributed by atoms with E-state index in [0.717, 1.165) is 22.3 Å². The third-order valence-electron chi connectivity index (χ3n) is 3.48. The Bertz CT molecular complexity index is 635. The summed E-state index contributed by atoms with van der Waals surface area (Å²) in [4.78, 5) is 11.6. The minimum absolute atomic E-state index is 0.402. The monoisotopic (exact) mass is 288 g/mol. The van der Waals surface area contributed by atoms with E-state index in [1.54, 1.807) is 6.07 Å². The lowest BCUT2D eigenvalue weighted by Gasteiger charge is -2.16. The van der Waals surface area contributed by atoms with Crippen molar-refractivity contribution in [3.63, 3.8) is 0 Å². The molecular weight excluding hydrogens is 272 g/mol. The first-order chi connectivity index (χ1) is 9.49. The SMILES string of the molecule is Cc1ccc(C(Cc2ccccc2Cl)C(=O)O)c(C)c1. The fraction of sp³-hybridized carbons (Fsp3) is 0.235. The molecule has 0 bridgehead atoms. The zero-order valence-corrected chi connectivity index (χ0v) is 12.3. The van der Waals surface area contributed by atoms with Crippen LogP contribution < -0.4 is 0 Å². The lowest BCUT2D eigenvalue weighted by Crippen LogP contribution is -2.16. The molecule has 0 heterocycles. The van der Waals surface area contributed by atoms with Crippen molar-refractivity contribution in [1.82, 2.24) is 0 Å². The third-order valence-corrected chi connectivity index (χ3v) is 3.85. The molecule has 1 atom stereocenters. The fourth-order valence-electron chi connectivity index (χ4n) is 2.43. The minimum atomic E-state index is -0.822. The minimum Gasteiger partial charge on any atom is -0.481 e. The first-order valence-electron chi connectivity index (χ1n) is 6.52. The molecule has 2 aromatic carbocycles. The van der Waals surface area contributed by atoms with Gasteiger partial charge in [0.25, 0.3) is 0 Å². The largest absolute Gasteiger partial charge is 0.481 e. The average Bonchev–Trinajstić information content (AvgIpc) is 2.38. The topological polar surface area (TPSA) is 37.3 Å². The number of hydrogen-bond acceptors (Lipinski definition) is 1. The predicted molar refractivity (Wildman–Crippen MR) is 81.4 cm³/mol. The molecule has 0 radical (unpaired) electrons. The highest BCUT2D eigenvalue weighted by Gasteiger charge is 2.22. The lowest BCUT2D eigenvalue weighted by molar-refractivity contribution is -0.138. The van der Waals surface area contributed by atoms with Crippen LogP contribution in [-0.2, 0) is 11.2 Å². The fourth-order valence-corrected chi connectivity index (χ4v) is 2.64. The Kier molecular flexibility index (Phi) is 4.46. The molecule has 1 N–H and O–H groups in total. The van der Waals surface area contributed by atoms with Gasteiger partial charge in [-0.05, 0) is 43.0 Å². The van der Waals surface area contributed by atoms with Crippen LogP contribution in [0.2, 0.25) is 5.02 Å². The van der Waals surface area contributed by atoms with Gasteiger partial charge < -0.3 is 5.11 Å². The van der Waals surface area contributed by atoms with Crippen molar-refractivity contribution in [1.29, 1.82) is 0 Å². The van der Waals surface area contributed by atoms with E-state index < -0.39 is 11.9 Å². The summed E-state index contributed by atoms with van der Waals surface area (Å²) in [5, 5.41) is 10.1. The van der Waals surface area contributed by atoms with Gasteiger partial charge >= 0.3 is 5.97 Å². The molecule has 0 saturated carbocycles. The van der Waals surface area contributed by atoms with Gasteiger partial charge in [0.05, 0.1) is 5.92 Å². The van der Waals surface area contributed by atoms with Gasteiger partial charge in [0.1, 0.15) is 0 Å². The first kappa shape index (κ1) is 14.6. The van der Waals surface area contributed by atoms with Crippen LogP contribution in [0.5, 0.6) is 0 Å². The van der Waals surface area contributed by atoms with Gasteiger partial charge in [-0.1, -0.05) is 53.6 Å². The second-order valence-electron chi connectivity index (χ2n) is 5.05. The van der Waals surface area contributed by atoms with Crippen molar-refractivity contribution in [2.24, 2.45) is 0 Å². The number of aliphatic carboxylic acids is 1. The Labute approximate surface area is 124 Å². The Morgan fingerprint density at radius 3 is 2.50 bits per heavy atom. The predicted octanol–water partition coefficient (Wildman–Crippen LogP) is 4.37. The summed E-state index contributed by atoms with van der Waals surface area (Å²) in [7, 11) is 0. The van der Waals surface area contributed by atoms with Crippen molar-refractivity contribution in [2.75, 3.05) is 0 Å². The van der Waals surface area contributed by atoms with Crippen molar-refractivity contribution in [2.45, 2.75) is 26.2 Å². The summed E-state index contributed by atoms with van der Waals surface area (Å²) in [5.74, 6) is -1.40. The first-order valence-corrected chi connectivity index (χ1v) is 6.90. The Hall–Kier alpha value is -1.80. The number of carboxylic acids is 1. The maximum absolute atomic E-state index is 11.6. The Balaban J connectivity index is 2.37. The summed E-state index contributed by atoms with van der Waals surface area (Å²) in [6.07, 6.45) is 0.402. The van der Waals surface area contributed by atoms with E-state index in [0.29, 0.717) is 11.4 Å². The molecule has 0 aliphatic rings. The summed E-state index contributed by atoms with van der Waals surface area (Å²) in [6, 6.07) is 13.3. The summed E-state index contributed by atoms with van der Waals surface area (Å²) >= 11 is 6.13. The molecule has 2 aromatic rings. The number of halogens is 1. The number of hydrogen-bond donors (Lipinski definition) is 1. The molecule has 1 unspecified atom stereocenters. The maximum Gasteiger partial charge on any atom is 0.311 e. The number of carboxylic acid groups (broad SMARTS) is 1. The van der Waals surface area contributed by atoms with Crippen LogP contribution in [0.1, 0.15) is 28.2 Å². The lowest BCUT2D eigenvalue weighted by atomic mass is 9.88. The second kappa shape index (κ2) is 6.10. The van der Waals surface area contributed by atoms with Gasteiger partial charge in [0, 0.05) is 5.02 Å². The number of benzene rings is 2. The van der Waals surface area contributed by atoms with Crippen LogP contribution in [0.15, 0.2) is 42.5 Å². The maximum atomic E-state index is 11.6. The van der Waals surface area contributed by atoms with Crippen LogP contribution in [0.3, 0.4) is 0 Å². The molecule has 0 saturated heterocycles. The molecule has 2 nitrogen and oxygen atoms in total. The molecule has 3 heteroatoms. The smallest absolute Gasteiger partial charge is 0.311 e. The molecule has 0 amide bonds. The third kappa shape index (κ3) is 3.20. The van der Waals surface area contributed by atoms with Gasteiger partial charge in [-0.3, -0.25) is 4.79 Å². The van der Waals surface area contributed by atoms with Gasteiger partial charge in [-0.25, -0.2) is 0 Å². The standard InChI is InChI=1S/C17H17ClO2/c1-11-7-8-14(12(2)9-11)15(17(19)20)10-13-5-3-4-6-16(13)18/h3-9,15H,10H2,1-2H3,(H,19,20). The molecule has 0 fully saturated rings. The van der Waals surface area contributed by atoms with Crippen molar-refractivity contribution < 1.29 is 9.90 Å². The molecule has 20 heavy (non-hydrogen) atoms. The zero-order chi connectivity index (χ0) is 14.7. The number of rotatable bonds is 4. The van der Waals surface area contributed by atoms with E-state index >= 15 is 0 Å². The molecule has 0 aliphatic carbocycles. The van der Waals surface area contributed by atoms with Gasteiger partial charge in [-0.15, -0.1) is 0 Å². The number of aryl methyl sites for hydroxylation is 2. The highest BCUT2D eigenvalue weighted by molar-refractivity contribution is 6.31. The molecule has 0 spiro atoms. The number of carbonyl (C=O) groups is 1. The van der Waals surface area contributed by atoms with Crippen LogP contribution in [-0.4, -0.2) is 11.1 Å². The van der Waals surface area contributed by atoms with Crippen molar-refractivity contribution >= 4 is 17.6 Å². The van der Waals surface area contributed by atoms with Crippen molar-refractivity contribution in [3.8, 4) is 0 Å². The molecule has 0 aromatic heterocycles. The average molecular weight is 289 g/mol. The van der Waals surface area contributed by atoms with E-state index in [9.17, 15) is 9.90 Å². The highest BCUT2D eigenvalue weighted by atomic mass is 35.5. The van der Waals surface area contributed by atoms with Crippen molar-refractivity contribution in [3.05, 3.63) is 69.7 Å². The summed E-state index contributed by atoms with van der Waals surface area (Å²) in [6.45, 7) is 3.95.